The Morgan fingerprint density at radius 3 is 2.38 bits per heavy atom. The van der Waals surface area contributed by atoms with Gasteiger partial charge in [-0.3, -0.25) is 4.79 Å². The van der Waals surface area contributed by atoms with Crippen LogP contribution < -0.4 is 10.1 Å². The second-order valence-electron chi connectivity index (χ2n) is 9.18. The quantitative estimate of drug-likeness (QED) is 0.277. The lowest BCUT2D eigenvalue weighted by Gasteiger charge is -2.28. The average Bonchev–Trinajstić information content (AvgIpc) is 3.24. The van der Waals surface area contributed by atoms with Crippen LogP contribution in [0, 0.1) is 0 Å². The van der Waals surface area contributed by atoms with Crippen LogP contribution in [0.1, 0.15) is 48.2 Å². The van der Waals surface area contributed by atoms with E-state index in [4.69, 9.17) is 27.9 Å². The Labute approximate surface area is 230 Å². The van der Waals surface area contributed by atoms with Crippen molar-refractivity contribution in [1.82, 2.24) is 15.1 Å². The molecule has 1 saturated carbocycles. The molecule has 0 spiro atoms. The van der Waals surface area contributed by atoms with Crippen molar-refractivity contribution in [3.63, 3.8) is 0 Å². The van der Waals surface area contributed by atoms with Crippen molar-refractivity contribution in [1.29, 1.82) is 0 Å². The lowest BCUT2D eigenvalue weighted by molar-refractivity contribution is -0.139. The maximum absolute atomic E-state index is 13.6. The molecular formula is C26H24Cl2F5N3O3. The van der Waals surface area contributed by atoms with Gasteiger partial charge in [0.1, 0.15) is 5.75 Å². The molecule has 39 heavy (non-hydrogen) atoms. The van der Waals surface area contributed by atoms with Crippen LogP contribution >= 0.6 is 23.2 Å². The monoisotopic (exact) mass is 591 g/mol. The molecular weight excluding hydrogens is 568 g/mol. The summed E-state index contributed by atoms with van der Waals surface area (Å²) in [4.78, 5) is 13.2. The maximum Gasteiger partial charge on any atom is 0.392 e. The van der Waals surface area contributed by atoms with E-state index in [2.05, 4.69) is 10.4 Å². The number of aromatic nitrogens is 2. The normalized spacial score (nSPS) is 15.8. The van der Waals surface area contributed by atoms with Gasteiger partial charge in [-0.25, -0.2) is 13.5 Å². The van der Waals surface area contributed by atoms with Gasteiger partial charge in [0.05, 0.1) is 36.0 Å². The maximum atomic E-state index is 13.6. The zero-order valence-corrected chi connectivity index (χ0v) is 21.9. The van der Waals surface area contributed by atoms with Crippen LogP contribution in [0.3, 0.4) is 0 Å². The number of aliphatic hydroxyl groups is 1. The third-order valence-corrected chi connectivity index (χ3v) is 6.87. The smallest absolute Gasteiger partial charge is 0.392 e. The van der Waals surface area contributed by atoms with E-state index in [1.165, 1.54) is 22.9 Å². The average molecular weight is 592 g/mol. The number of nitrogens with one attached hydrogen (secondary N) is 1. The first-order valence-corrected chi connectivity index (χ1v) is 12.8. The molecule has 3 aromatic rings. The number of hydrogen-bond acceptors (Lipinski definition) is 4. The molecule has 0 aliphatic heterocycles. The third kappa shape index (κ3) is 7.20. The Morgan fingerprint density at radius 1 is 1.13 bits per heavy atom. The summed E-state index contributed by atoms with van der Waals surface area (Å²) in [5, 5.41) is 18.0. The summed E-state index contributed by atoms with van der Waals surface area (Å²) in [5.74, 6) is -3.22. The fraction of sp³-hybridized carbons (Fsp3) is 0.385. The van der Waals surface area contributed by atoms with E-state index >= 15 is 0 Å². The van der Waals surface area contributed by atoms with Crippen molar-refractivity contribution in [2.45, 2.75) is 56.9 Å². The third-order valence-electron chi connectivity index (χ3n) is 6.33. The number of aliphatic hydroxyl groups excluding tert-OH is 1. The number of carbonyl (C=O) groups excluding carboxylic acids is 1. The molecule has 1 heterocycles. The van der Waals surface area contributed by atoms with Crippen molar-refractivity contribution < 1.29 is 36.6 Å². The van der Waals surface area contributed by atoms with Gasteiger partial charge in [0, 0.05) is 35.0 Å². The van der Waals surface area contributed by atoms with Gasteiger partial charge in [0.25, 0.3) is 5.91 Å². The number of alkyl halides is 5. The minimum atomic E-state index is -4.35. The molecule has 2 aromatic carbocycles. The molecule has 6 nitrogen and oxygen atoms in total. The minimum absolute atomic E-state index is 0.0968. The summed E-state index contributed by atoms with van der Waals surface area (Å²) in [7, 11) is 0. The molecule has 0 saturated heterocycles. The zero-order chi connectivity index (χ0) is 28.4. The number of nitrogens with zero attached hydrogens (tertiary/aromatic N) is 2. The van der Waals surface area contributed by atoms with Gasteiger partial charge in [-0.2, -0.15) is 18.3 Å². The van der Waals surface area contributed by atoms with Crippen LogP contribution in [0.2, 0.25) is 10.0 Å². The van der Waals surface area contributed by atoms with Gasteiger partial charge in [-0.15, -0.1) is 0 Å². The Hall–Kier alpha value is -2.89. The SMILES string of the molecule is O=C(NC1CCC(F)(F)CC1)c1nn(-c2ccc(Cl)cc2Cl)c(-c2ccc(OCCC(F)(F)F)cc2)c1CO. The van der Waals surface area contributed by atoms with Crippen molar-refractivity contribution >= 4 is 29.1 Å². The molecule has 1 aromatic heterocycles. The summed E-state index contributed by atoms with van der Waals surface area (Å²) in [6, 6.07) is 10.1. The van der Waals surface area contributed by atoms with Crippen LogP contribution in [0.5, 0.6) is 5.75 Å². The lowest BCUT2D eigenvalue weighted by atomic mass is 9.92. The van der Waals surface area contributed by atoms with Gasteiger partial charge in [0.15, 0.2) is 5.69 Å². The van der Waals surface area contributed by atoms with E-state index in [-0.39, 0.29) is 47.7 Å². The van der Waals surface area contributed by atoms with Crippen molar-refractivity contribution in [2.24, 2.45) is 0 Å². The van der Waals surface area contributed by atoms with E-state index in [1.807, 2.05) is 0 Å². The molecule has 0 radical (unpaired) electrons. The molecule has 210 valence electrons. The first kappa shape index (κ1) is 29.1. The van der Waals surface area contributed by atoms with Gasteiger partial charge in [-0.1, -0.05) is 23.2 Å². The lowest BCUT2D eigenvalue weighted by Crippen LogP contribution is -2.40. The molecule has 1 aliphatic carbocycles. The van der Waals surface area contributed by atoms with Crippen molar-refractivity contribution in [3.05, 3.63) is 63.8 Å². The Morgan fingerprint density at radius 2 is 1.79 bits per heavy atom. The predicted octanol–water partition coefficient (Wildman–Crippen LogP) is 6.98. The summed E-state index contributed by atoms with van der Waals surface area (Å²) in [6.07, 6.45) is -5.96. The van der Waals surface area contributed by atoms with Crippen molar-refractivity contribution in [2.75, 3.05) is 6.61 Å². The molecule has 1 aliphatic rings. The first-order valence-electron chi connectivity index (χ1n) is 12.0. The van der Waals surface area contributed by atoms with Gasteiger partial charge in [-0.05, 0) is 55.3 Å². The summed E-state index contributed by atoms with van der Waals surface area (Å²) in [5.41, 5.74) is 1.11. The second-order valence-corrected chi connectivity index (χ2v) is 10.0. The number of benzene rings is 2. The molecule has 0 unspecified atom stereocenters. The molecule has 0 atom stereocenters. The van der Waals surface area contributed by atoms with Crippen LogP contribution in [0.4, 0.5) is 22.0 Å². The van der Waals surface area contributed by atoms with E-state index in [0.717, 1.165) is 0 Å². The Bertz CT molecular complexity index is 1320. The highest BCUT2D eigenvalue weighted by Gasteiger charge is 2.36. The fourth-order valence-corrected chi connectivity index (χ4v) is 4.83. The van der Waals surface area contributed by atoms with Crippen LogP contribution in [0.15, 0.2) is 42.5 Å². The standard InChI is InChI=1S/C26H24Cl2F5N3O3/c27-16-3-6-21(20(28)13-16)36-23(15-1-4-18(5-2-15)39-12-11-26(31,32)33)19(14-37)22(35-36)24(38)34-17-7-9-25(29,30)10-8-17/h1-6,13,17,37H,7-12,14H2,(H,34,38). The van der Waals surface area contributed by atoms with E-state index < -0.39 is 43.7 Å². The van der Waals surface area contributed by atoms with E-state index in [9.17, 15) is 31.9 Å². The molecule has 0 bridgehead atoms. The predicted molar refractivity (Wildman–Crippen MR) is 136 cm³/mol. The highest BCUT2D eigenvalue weighted by atomic mass is 35.5. The Kier molecular flexibility index (Phi) is 8.72. The number of rotatable bonds is 8. The number of amides is 1. The zero-order valence-electron chi connectivity index (χ0n) is 20.4. The minimum Gasteiger partial charge on any atom is -0.493 e. The van der Waals surface area contributed by atoms with Crippen LogP contribution in [-0.4, -0.2) is 45.5 Å². The summed E-state index contributed by atoms with van der Waals surface area (Å²) in [6.45, 7) is -1.16. The highest BCUT2D eigenvalue weighted by Crippen LogP contribution is 2.36. The molecule has 2 N–H and O–H groups in total. The first-order chi connectivity index (χ1) is 18.4. The fourth-order valence-electron chi connectivity index (χ4n) is 4.34. The largest absolute Gasteiger partial charge is 0.493 e. The number of halogens is 7. The van der Waals surface area contributed by atoms with Gasteiger partial charge in [0.2, 0.25) is 5.92 Å². The molecule has 1 amide bonds. The van der Waals surface area contributed by atoms with E-state index in [1.54, 1.807) is 24.3 Å². The summed E-state index contributed by atoms with van der Waals surface area (Å²) < 4.78 is 71.0. The van der Waals surface area contributed by atoms with Gasteiger partial charge < -0.3 is 15.2 Å². The molecule has 13 heteroatoms. The number of hydrogen-bond donors (Lipinski definition) is 2. The van der Waals surface area contributed by atoms with Crippen LogP contribution in [-0.2, 0) is 6.61 Å². The summed E-state index contributed by atoms with van der Waals surface area (Å²) >= 11 is 12.5. The van der Waals surface area contributed by atoms with Gasteiger partial charge >= 0.3 is 6.18 Å². The van der Waals surface area contributed by atoms with E-state index in [0.29, 0.717) is 22.0 Å². The number of ether oxygens (including phenoxy) is 1. The Balaban J connectivity index is 1.69. The highest BCUT2D eigenvalue weighted by molar-refractivity contribution is 6.35. The second kappa shape index (κ2) is 11.7. The topological polar surface area (TPSA) is 76.4 Å². The molecule has 1 fully saturated rings. The molecule has 4 rings (SSSR count). The van der Waals surface area contributed by atoms with Crippen LogP contribution in [0.25, 0.3) is 16.9 Å². The van der Waals surface area contributed by atoms with Crippen molar-refractivity contribution in [3.8, 4) is 22.7 Å². The number of carbonyl (C=O) groups is 1.